The lowest BCUT2D eigenvalue weighted by molar-refractivity contribution is -0.109. The van der Waals surface area contributed by atoms with Crippen LogP contribution in [0, 0.1) is 24.2 Å². The van der Waals surface area contributed by atoms with Gasteiger partial charge in [-0.2, -0.15) is 0 Å². The number of piperidine rings is 1. The minimum absolute atomic E-state index is 0.0417. The standard InChI is InChI=1S/C19H26N6O2.C5H12O.C4H5NS.C2H6/c1-12(20)18-19(24-17-4-2-3-7-27-17)23-16(8-22-18)25-9-14-13(15(14)10-25)5-6-21-11-26;1-5(2,3)6-4;1-4-2-6-3-5-4;1-2/h5,8,11,14-15,17,20H,2-4,6-7,9-10H2,1H3,(H,21,26)(H,23,24);1-4H3;2-3H,1H3;1-2H3. The van der Waals surface area contributed by atoms with Crippen molar-refractivity contribution in [3.8, 4) is 0 Å². The van der Waals surface area contributed by atoms with Crippen LogP contribution in [-0.2, 0) is 14.3 Å². The lowest BCUT2D eigenvalue weighted by atomic mass is 10.2. The van der Waals surface area contributed by atoms with Crippen LogP contribution in [0.1, 0.15) is 72.2 Å². The number of aromatic nitrogens is 3. The van der Waals surface area contributed by atoms with Crippen molar-refractivity contribution < 1.29 is 14.3 Å². The first-order valence-electron chi connectivity index (χ1n) is 14.5. The highest BCUT2D eigenvalue weighted by Gasteiger charge is 2.50. The molecular weight excluding hydrogens is 538 g/mol. The maximum atomic E-state index is 10.3. The third-order valence-corrected chi connectivity index (χ3v) is 7.39. The van der Waals surface area contributed by atoms with Gasteiger partial charge in [-0.3, -0.25) is 9.78 Å². The Kier molecular flexibility index (Phi) is 14.4. The van der Waals surface area contributed by atoms with Gasteiger partial charge >= 0.3 is 0 Å². The van der Waals surface area contributed by atoms with Gasteiger partial charge in [-0.15, -0.1) is 11.3 Å². The first kappa shape index (κ1) is 34.3. The molecule has 3 atom stereocenters. The number of nitrogens with zero attached hydrogens (tertiary/aromatic N) is 4. The molecule has 3 unspecified atom stereocenters. The maximum Gasteiger partial charge on any atom is 0.207 e. The van der Waals surface area contributed by atoms with Crippen molar-refractivity contribution in [1.29, 1.82) is 5.41 Å². The Morgan fingerprint density at radius 3 is 2.39 bits per heavy atom. The fourth-order valence-electron chi connectivity index (χ4n) is 4.32. The van der Waals surface area contributed by atoms with Crippen LogP contribution < -0.4 is 15.5 Å². The van der Waals surface area contributed by atoms with Gasteiger partial charge in [-0.1, -0.05) is 25.5 Å². The minimum atomic E-state index is -0.0618. The highest BCUT2D eigenvalue weighted by molar-refractivity contribution is 7.07. The molecule has 1 amide bonds. The molecule has 2 aliphatic heterocycles. The molecule has 2 aromatic heterocycles. The molecule has 0 radical (unpaired) electrons. The van der Waals surface area contributed by atoms with E-state index in [0.29, 0.717) is 35.6 Å². The van der Waals surface area contributed by atoms with E-state index in [-0.39, 0.29) is 11.8 Å². The van der Waals surface area contributed by atoms with Gasteiger partial charge < -0.3 is 30.4 Å². The molecule has 0 bridgehead atoms. The minimum Gasteiger partial charge on any atom is -0.379 e. The van der Waals surface area contributed by atoms with Crippen LogP contribution in [0.2, 0.25) is 0 Å². The number of thiazole rings is 1. The predicted octanol–water partition coefficient (Wildman–Crippen LogP) is 5.45. The molecule has 1 aliphatic carbocycles. The van der Waals surface area contributed by atoms with Gasteiger partial charge in [0.2, 0.25) is 6.41 Å². The molecule has 5 rings (SSSR count). The van der Waals surface area contributed by atoms with E-state index in [1.807, 2.05) is 52.4 Å². The van der Waals surface area contributed by atoms with E-state index in [0.717, 1.165) is 56.9 Å². The second-order valence-corrected chi connectivity index (χ2v) is 11.6. The van der Waals surface area contributed by atoms with E-state index in [4.69, 9.17) is 19.9 Å². The molecule has 2 saturated heterocycles. The summed E-state index contributed by atoms with van der Waals surface area (Å²) in [6.07, 6.45) is 7.73. The van der Waals surface area contributed by atoms with Crippen LogP contribution in [0.25, 0.3) is 0 Å². The molecule has 41 heavy (non-hydrogen) atoms. The van der Waals surface area contributed by atoms with E-state index in [9.17, 15) is 4.79 Å². The second kappa shape index (κ2) is 17.2. The van der Waals surface area contributed by atoms with Crippen LogP contribution >= 0.6 is 11.3 Å². The maximum absolute atomic E-state index is 10.3. The first-order valence-corrected chi connectivity index (χ1v) is 15.4. The summed E-state index contributed by atoms with van der Waals surface area (Å²) in [6, 6.07) is 0. The Bertz CT molecular complexity index is 1080. The third kappa shape index (κ3) is 11.5. The lowest BCUT2D eigenvalue weighted by Crippen LogP contribution is -2.30. The quantitative estimate of drug-likeness (QED) is 0.169. The smallest absolute Gasteiger partial charge is 0.207 e. The van der Waals surface area contributed by atoms with Crippen molar-refractivity contribution in [3.05, 3.63) is 40.1 Å². The second-order valence-electron chi connectivity index (χ2n) is 10.8. The van der Waals surface area contributed by atoms with E-state index in [2.05, 4.69) is 31.6 Å². The van der Waals surface area contributed by atoms with Gasteiger partial charge in [0.1, 0.15) is 17.7 Å². The van der Waals surface area contributed by atoms with Gasteiger partial charge in [0.25, 0.3) is 0 Å². The van der Waals surface area contributed by atoms with Gasteiger partial charge in [-0.05, 0) is 53.9 Å². The highest BCUT2D eigenvalue weighted by atomic mass is 32.1. The topological polar surface area (TPSA) is 125 Å². The molecule has 11 heteroatoms. The van der Waals surface area contributed by atoms with Crippen molar-refractivity contribution in [2.75, 3.05) is 43.6 Å². The summed E-state index contributed by atoms with van der Waals surface area (Å²) in [5, 5.41) is 16.0. The Hall–Kier alpha value is -2.89. The Balaban J connectivity index is 0.000000348. The van der Waals surface area contributed by atoms with Crippen molar-refractivity contribution >= 4 is 35.1 Å². The summed E-state index contributed by atoms with van der Waals surface area (Å²) >= 11 is 1.63. The first-order chi connectivity index (χ1) is 19.6. The third-order valence-electron chi connectivity index (χ3n) is 6.69. The molecule has 2 aromatic rings. The zero-order valence-electron chi connectivity index (χ0n) is 26.0. The number of hydrogen-bond donors (Lipinski definition) is 3. The largest absolute Gasteiger partial charge is 0.379 e. The number of fused-ring (bicyclic) bond motifs is 1. The monoisotopic (exact) mass is 587 g/mol. The van der Waals surface area contributed by atoms with Gasteiger partial charge in [0.15, 0.2) is 5.82 Å². The van der Waals surface area contributed by atoms with E-state index < -0.39 is 0 Å². The molecule has 228 valence electrons. The van der Waals surface area contributed by atoms with Crippen molar-refractivity contribution in [2.45, 2.75) is 79.6 Å². The number of aryl methyl sites for hydroxylation is 1. The molecule has 0 aromatic carbocycles. The molecule has 0 spiro atoms. The highest BCUT2D eigenvalue weighted by Crippen LogP contribution is 2.51. The van der Waals surface area contributed by atoms with Gasteiger partial charge in [0.05, 0.1) is 23.0 Å². The van der Waals surface area contributed by atoms with Crippen LogP contribution in [0.3, 0.4) is 0 Å². The molecule has 10 nitrogen and oxygen atoms in total. The summed E-state index contributed by atoms with van der Waals surface area (Å²) in [7, 11) is 1.71. The predicted molar refractivity (Wildman–Crippen MR) is 168 cm³/mol. The number of carbonyl (C=O) groups is 1. The fourth-order valence-corrected chi connectivity index (χ4v) is 4.87. The molecule has 1 saturated carbocycles. The van der Waals surface area contributed by atoms with Gasteiger partial charge in [0, 0.05) is 56.3 Å². The number of carbonyl (C=O) groups excluding carboxylic acids is 1. The summed E-state index contributed by atoms with van der Waals surface area (Å²) < 4.78 is 10.7. The van der Waals surface area contributed by atoms with Crippen molar-refractivity contribution in [3.63, 3.8) is 0 Å². The van der Waals surface area contributed by atoms with Crippen LogP contribution in [0.15, 0.2) is 28.7 Å². The van der Waals surface area contributed by atoms with E-state index >= 15 is 0 Å². The van der Waals surface area contributed by atoms with Crippen LogP contribution in [0.5, 0.6) is 0 Å². The summed E-state index contributed by atoms with van der Waals surface area (Å²) in [5.41, 5.74) is 5.40. The van der Waals surface area contributed by atoms with Crippen LogP contribution in [0.4, 0.5) is 11.6 Å². The van der Waals surface area contributed by atoms with Gasteiger partial charge in [-0.25, -0.2) is 9.97 Å². The number of methoxy groups -OCH3 is 1. The number of anilines is 2. The average molecular weight is 588 g/mol. The Morgan fingerprint density at radius 1 is 1.24 bits per heavy atom. The average Bonchev–Trinajstić information content (AvgIpc) is 3.29. The Morgan fingerprint density at radius 2 is 1.93 bits per heavy atom. The number of amides is 1. The van der Waals surface area contributed by atoms with Crippen LogP contribution in [-0.4, -0.2) is 72.3 Å². The molecule has 3 aliphatic rings. The van der Waals surface area contributed by atoms with E-state index in [1.54, 1.807) is 31.6 Å². The van der Waals surface area contributed by atoms with Crippen molar-refractivity contribution in [1.82, 2.24) is 20.3 Å². The molecular formula is C30H49N7O3S. The summed E-state index contributed by atoms with van der Waals surface area (Å²) in [6.45, 7) is 17.0. The molecule has 3 N–H and O–H groups in total. The fraction of sp³-hybridized carbons (Fsp3) is 0.633. The van der Waals surface area contributed by atoms with Crippen molar-refractivity contribution in [2.24, 2.45) is 11.8 Å². The summed E-state index contributed by atoms with van der Waals surface area (Å²) in [5.74, 6) is 2.60. The molecule has 3 fully saturated rings. The lowest BCUT2D eigenvalue weighted by Gasteiger charge is -2.26. The SMILES string of the molecule is CC.CC(=N)c1ncc(N2CC3C(=CCNC=O)C3C2)nc1NC1CCCCO1.COC(C)(C)C.Cc1cscn1. The number of nitrogens with one attached hydrogen (secondary N) is 3. The van der Waals surface area contributed by atoms with E-state index in [1.165, 1.54) is 5.57 Å². The zero-order valence-corrected chi connectivity index (χ0v) is 26.8. The summed E-state index contributed by atoms with van der Waals surface area (Å²) in [4.78, 5) is 25.8. The number of rotatable bonds is 7. The zero-order chi connectivity index (χ0) is 30.4. The normalized spacial score (nSPS) is 20.5. The molecule has 4 heterocycles. The number of ether oxygens (including phenoxy) is 2. The Labute approximate surface area is 249 Å². The number of hydrogen-bond acceptors (Lipinski definition) is 10.